The number of hydrogen-bond acceptors (Lipinski definition) is 2. The standard InChI is InChI=1S/C12H23NO2/c1-9-7-6-8-12(9,5)13-10(14)15-11(2,3)4/h9H,6-8H2,1-5H3,(H,13,14). The van der Waals surface area contributed by atoms with E-state index in [-0.39, 0.29) is 11.6 Å². The minimum atomic E-state index is -0.414. The molecule has 15 heavy (non-hydrogen) atoms. The summed E-state index contributed by atoms with van der Waals surface area (Å²) in [5, 5.41) is 3.00. The molecule has 1 aliphatic rings. The Morgan fingerprint density at radius 3 is 2.47 bits per heavy atom. The van der Waals surface area contributed by atoms with Crippen molar-refractivity contribution in [3.63, 3.8) is 0 Å². The molecule has 1 fully saturated rings. The van der Waals surface area contributed by atoms with Gasteiger partial charge in [0.1, 0.15) is 5.60 Å². The first-order chi connectivity index (χ1) is 6.73. The second-order valence-electron chi connectivity index (χ2n) is 5.84. The van der Waals surface area contributed by atoms with Crippen molar-refractivity contribution in [1.82, 2.24) is 5.32 Å². The molecule has 0 aromatic carbocycles. The number of alkyl carbamates (subject to hydrolysis) is 1. The summed E-state index contributed by atoms with van der Waals surface area (Å²) >= 11 is 0. The van der Waals surface area contributed by atoms with E-state index in [1.54, 1.807) is 0 Å². The maximum atomic E-state index is 11.6. The summed E-state index contributed by atoms with van der Waals surface area (Å²) in [5.41, 5.74) is -0.495. The zero-order valence-corrected chi connectivity index (χ0v) is 10.5. The summed E-state index contributed by atoms with van der Waals surface area (Å²) < 4.78 is 5.26. The monoisotopic (exact) mass is 213 g/mol. The molecular formula is C12H23NO2. The van der Waals surface area contributed by atoms with E-state index in [2.05, 4.69) is 19.2 Å². The van der Waals surface area contributed by atoms with Crippen LogP contribution in [0.5, 0.6) is 0 Å². The molecule has 1 amide bonds. The van der Waals surface area contributed by atoms with Gasteiger partial charge in [-0.15, -0.1) is 0 Å². The predicted molar refractivity (Wildman–Crippen MR) is 60.8 cm³/mol. The van der Waals surface area contributed by atoms with Crippen LogP contribution >= 0.6 is 0 Å². The van der Waals surface area contributed by atoms with E-state index in [1.807, 2.05) is 20.8 Å². The molecule has 1 saturated carbocycles. The van der Waals surface area contributed by atoms with Crippen LogP contribution < -0.4 is 5.32 Å². The quantitative estimate of drug-likeness (QED) is 0.727. The Morgan fingerprint density at radius 1 is 1.47 bits per heavy atom. The van der Waals surface area contributed by atoms with Gasteiger partial charge < -0.3 is 10.1 Å². The van der Waals surface area contributed by atoms with E-state index in [9.17, 15) is 4.79 Å². The average Bonchev–Trinajstić information content (AvgIpc) is 2.27. The first-order valence-electron chi connectivity index (χ1n) is 5.74. The Bertz CT molecular complexity index is 244. The number of carbonyl (C=O) groups excluding carboxylic acids is 1. The summed E-state index contributed by atoms with van der Waals surface area (Å²) in [6.07, 6.45) is 3.13. The van der Waals surface area contributed by atoms with Gasteiger partial charge in [-0.1, -0.05) is 13.3 Å². The summed E-state index contributed by atoms with van der Waals surface area (Å²) in [7, 11) is 0. The van der Waals surface area contributed by atoms with Crippen LogP contribution in [0.1, 0.15) is 53.9 Å². The number of hydrogen-bond donors (Lipinski definition) is 1. The third-order valence-electron chi connectivity index (χ3n) is 3.21. The SMILES string of the molecule is CC1CCCC1(C)NC(=O)OC(C)(C)C. The molecule has 1 rings (SSSR count). The number of nitrogens with one attached hydrogen (secondary N) is 1. The van der Waals surface area contributed by atoms with Crippen LogP contribution in [0.15, 0.2) is 0 Å². The lowest BCUT2D eigenvalue weighted by Crippen LogP contribution is -2.49. The van der Waals surface area contributed by atoms with E-state index in [0.717, 1.165) is 6.42 Å². The molecule has 3 nitrogen and oxygen atoms in total. The number of carbonyl (C=O) groups is 1. The van der Waals surface area contributed by atoms with Gasteiger partial charge in [0, 0.05) is 5.54 Å². The maximum absolute atomic E-state index is 11.6. The molecule has 1 N–H and O–H groups in total. The fraction of sp³-hybridized carbons (Fsp3) is 0.917. The van der Waals surface area contributed by atoms with Gasteiger partial charge in [-0.3, -0.25) is 0 Å². The molecule has 3 heteroatoms. The minimum Gasteiger partial charge on any atom is -0.444 e. The van der Waals surface area contributed by atoms with Crippen LogP contribution in [0, 0.1) is 5.92 Å². The van der Waals surface area contributed by atoms with Gasteiger partial charge in [0.05, 0.1) is 0 Å². The highest BCUT2D eigenvalue weighted by Gasteiger charge is 2.37. The molecule has 88 valence electrons. The van der Waals surface area contributed by atoms with Crippen LogP contribution in [0.2, 0.25) is 0 Å². The predicted octanol–water partition coefficient (Wildman–Crippen LogP) is 3.09. The normalized spacial score (nSPS) is 31.4. The Balaban J connectivity index is 2.51. The Kier molecular flexibility index (Phi) is 3.31. The third kappa shape index (κ3) is 3.40. The minimum absolute atomic E-state index is 0.0810. The smallest absolute Gasteiger partial charge is 0.408 e. The maximum Gasteiger partial charge on any atom is 0.408 e. The van der Waals surface area contributed by atoms with Crippen molar-refractivity contribution in [2.24, 2.45) is 5.92 Å². The first kappa shape index (κ1) is 12.3. The van der Waals surface area contributed by atoms with Crippen LogP contribution in [-0.4, -0.2) is 17.2 Å². The molecule has 0 aromatic heterocycles. The molecule has 0 heterocycles. The van der Waals surface area contributed by atoms with E-state index >= 15 is 0 Å². The molecule has 0 aliphatic heterocycles. The van der Waals surface area contributed by atoms with Gasteiger partial charge in [-0.2, -0.15) is 0 Å². The van der Waals surface area contributed by atoms with E-state index in [4.69, 9.17) is 4.74 Å². The fourth-order valence-electron chi connectivity index (χ4n) is 2.06. The highest BCUT2D eigenvalue weighted by molar-refractivity contribution is 5.68. The highest BCUT2D eigenvalue weighted by Crippen LogP contribution is 2.35. The molecular weight excluding hydrogens is 190 g/mol. The van der Waals surface area contributed by atoms with Crippen molar-refractivity contribution in [2.75, 3.05) is 0 Å². The van der Waals surface area contributed by atoms with Crippen molar-refractivity contribution < 1.29 is 9.53 Å². The van der Waals surface area contributed by atoms with E-state index < -0.39 is 5.60 Å². The average molecular weight is 213 g/mol. The van der Waals surface area contributed by atoms with Crippen LogP contribution in [0.3, 0.4) is 0 Å². The van der Waals surface area contributed by atoms with Crippen molar-refractivity contribution in [3.8, 4) is 0 Å². The summed E-state index contributed by atoms with van der Waals surface area (Å²) in [4.78, 5) is 11.6. The zero-order valence-electron chi connectivity index (χ0n) is 10.5. The van der Waals surface area contributed by atoms with Gasteiger partial charge in [0.2, 0.25) is 0 Å². The van der Waals surface area contributed by atoms with E-state index in [0.29, 0.717) is 5.92 Å². The molecule has 0 spiro atoms. The third-order valence-corrected chi connectivity index (χ3v) is 3.21. The van der Waals surface area contributed by atoms with Crippen molar-refractivity contribution >= 4 is 6.09 Å². The van der Waals surface area contributed by atoms with Crippen LogP contribution in [0.4, 0.5) is 4.79 Å². The number of rotatable bonds is 1. The van der Waals surface area contributed by atoms with Gasteiger partial charge >= 0.3 is 6.09 Å². The number of ether oxygens (including phenoxy) is 1. The summed E-state index contributed by atoms with van der Waals surface area (Å²) in [6, 6.07) is 0. The second-order valence-corrected chi connectivity index (χ2v) is 5.84. The molecule has 0 radical (unpaired) electrons. The van der Waals surface area contributed by atoms with Crippen molar-refractivity contribution in [3.05, 3.63) is 0 Å². The molecule has 2 atom stereocenters. The Hall–Kier alpha value is -0.730. The molecule has 0 bridgehead atoms. The number of amides is 1. The molecule has 0 aromatic rings. The van der Waals surface area contributed by atoms with Crippen molar-refractivity contribution in [1.29, 1.82) is 0 Å². The first-order valence-corrected chi connectivity index (χ1v) is 5.74. The lowest BCUT2D eigenvalue weighted by atomic mass is 9.91. The molecule has 2 unspecified atom stereocenters. The summed E-state index contributed by atoms with van der Waals surface area (Å²) in [6.45, 7) is 9.94. The topological polar surface area (TPSA) is 38.3 Å². The molecule has 0 saturated heterocycles. The molecule has 1 aliphatic carbocycles. The van der Waals surface area contributed by atoms with Gasteiger partial charge in [0.15, 0.2) is 0 Å². The van der Waals surface area contributed by atoms with Crippen LogP contribution in [0.25, 0.3) is 0 Å². The largest absolute Gasteiger partial charge is 0.444 e. The van der Waals surface area contributed by atoms with E-state index in [1.165, 1.54) is 12.8 Å². The van der Waals surface area contributed by atoms with Gasteiger partial charge in [0.25, 0.3) is 0 Å². The zero-order chi connectivity index (χ0) is 11.7. The highest BCUT2D eigenvalue weighted by atomic mass is 16.6. The second kappa shape index (κ2) is 4.03. The van der Waals surface area contributed by atoms with Crippen molar-refractivity contribution in [2.45, 2.75) is 65.0 Å². The fourth-order valence-corrected chi connectivity index (χ4v) is 2.06. The van der Waals surface area contributed by atoms with Gasteiger partial charge in [-0.05, 0) is 46.5 Å². The van der Waals surface area contributed by atoms with Crippen LogP contribution in [-0.2, 0) is 4.74 Å². The van der Waals surface area contributed by atoms with Gasteiger partial charge in [-0.25, -0.2) is 4.79 Å². The lowest BCUT2D eigenvalue weighted by molar-refractivity contribution is 0.0443. The lowest BCUT2D eigenvalue weighted by Gasteiger charge is -2.31. The Morgan fingerprint density at radius 2 is 2.07 bits per heavy atom. The summed E-state index contributed by atoms with van der Waals surface area (Å²) in [5.74, 6) is 0.532. The Labute approximate surface area is 92.6 Å².